The predicted octanol–water partition coefficient (Wildman–Crippen LogP) is 3.50. The Hall–Kier alpha value is -2.94. The number of benzene rings is 2. The topological polar surface area (TPSA) is 54.0 Å². The standard InChI is InChI=1S/C19H18F3N3O3/c20-14-4-6-15(7-5-14)23-18(26)25-10-8-24(9-11-25)12-13-2-1-3-16-17(13)28-19(21,22)27-16/h1-7H,8-12H2,(H,23,26). The molecule has 148 valence electrons. The Kier molecular flexibility index (Phi) is 4.76. The Labute approximate surface area is 159 Å². The second-order valence-corrected chi connectivity index (χ2v) is 6.61. The molecule has 28 heavy (non-hydrogen) atoms. The van der Waals surface area contributed by atoms with Crippen molar-refractivity contribution in [2.24, 2.45) is 0 Å². The number of piperazine rings is 1. The van der Waals surface area contributed by atoms with Crippen LogP contribution in [0.2, 0.25) is 0 Å². The number of para-hydroxylation sites is 1. The Morgan fingerprint density at radius 1 is 1.04 bits per heavy atom. The Morgan fingerprint density at radius 2 is 1.75 bits per heavy atom. The number of nitrogens with one attached hydrogen (secondary N) is 1. The molecule has 2 aliphatic rings. The Balaban J connectivity index is 1.32. The third-order valence-corrected chi connectivity index (χ3v) is 4.66. The minimum absolute atomic E-state index is 0.0276. The van der Waals surface area contributed by atoms with Crippen LogP contribution in [0, 0.1) is 5.82 Å². The molecule has 0 saturated carbocycles. The lowest BCUT2D eigenvalue weighted by Gasteiger charge is -2.34. The van der Waals surface area contributed by atoms with Crippen LogP contribution in [0.5, 0.6) is 11.5 Å². The third-order valence-electron chi connectivity index (χ3n) is 4.66. The summed E-state index contributed by atoms with van der Waals surface area (Å²) < 4.78 is 48.6. The van der Waals surface area contributed by atoms with Crippen molar-refractivity contribution in [1.29, 1.82) is 0 Å². The zero-order valence-corrected chi connectivity index (χ0v) is 14.8. The van der Waals surface area contributed by atoms with Gasteiger partial charge in [-0.15, -0.1) is 8.78 Å². The highest BCUT2D eigenvalue weighted by Gasteiger charge is 2.44. The van der Waals surface area contributed by atoms with Crippen molar-refractivity contribution >= 4 is 11.7 Å². The fourth-order valence-corrected chi connectivity index (χ4v) is 3.24. The fraction of sp³-hybridized carbons (Fsp3) is 0.316. The summed E-state index contributed by atoms with van der Waals surface area (Å²) in [4.78, 5) is 16.0. The van der Waals surface area contributed by atoms with Gasteiger partial charge in [0.05, 0.1) is 0 Å². The zero-order chi connectivity index (χ0) is 19.7. The summed E-state index contributed by atoms with van der Waals surface area (Å²) in [5, 5.41) is 2.73. The highest BCUT2D eigenvalue weighted by molar-refractivity contribution is 5.89. The summed E-state index contributed by atoms with van der Waals surface area (Å²) in [5.41, 5.74) is 1.13. The van der Waals surface area contributed by atoms with Crippen molar-refractivity contribution in [2.45, 2.75) is 12.8 Å². The van der Waals surface area contributed by atoms with Crippen LogP contribution in [-0.2, 0) is 6.54 Å². The summed E-state index contributed by atoms with van der Waals surface area (Å²) >= 11 is 0. The molecule has 4 rings (SSSR count). The quantitative estimate of drug-likeness (QED) is 0.867. The van der Waals surface area contributed by atoms with Crippen LogP contribution >= 0.6 is 0 Å². The van der Waals surface area contributed by atoms with E-state index in [1.807, 2.05) is 0 Å². The number of rotatable bonds is 3. The number of hydrogen-bond acceptors (Lipinski definition) is 4. The molecule has 0 aromatic heterocycles. The molecule has 6 nitrogen and oxygen atoms in total. The van der Waals surface area contributed by atoms with Crippen LogP contribution in [0.25, 0.3) is 0 Å². The number of urea groups is 1. The van der Waals surface area contributed by atoms with E-state index in [9.17, 15) is 18.0 Å². The van der Waals surface area contributed by atoms with Gasteiger partial charge in [-0.3, -0.25) is 4.90 Å². The summed E-state index contributed by atoms with van der Waals surface area (Å²) in [6, 6.07) is 10.1. The Morgan fingerprint density at radius 3 is 2.46 bits per heavy atom. The number of hydrogen-bond donors (Lipinski definition) is 1. The van der Waals surface area contributed by atoms with E-state index in [2.05, 4.69) is 19.7 Å². The van der Waals surface area contributed by atoms with E-state index in [0.717, 1.165) is 0 Å². The number of alkyl halides is 2. The molecule has 2 aromatic rings. The van der Waals surface area contributed by atoms with E-state index < -0.39 is 6.29 Å². The van der Waals surface area contributed by atoms with Crippen LogP contribution in [0.15, 0.2) is 42.5 Å². The number of amides is 2. The van der Waals surface area contributed by atoms with Gasteiger partial charge in [-0.25, -0.2) is 9.18 Å². The summed E-state index contributed by atoms with van der Waals surface area (Å²) in [6.07, 6.45) is -3.64. The molecule has 0 unspecified atom stereocenters. The number of carbonyl (C=O) groups is 1. The molecular formula is C19H18F3N3O3. The van der Waals surface area contributed by atoms with Crippen molar-refractivity contribution in [3.05, 3.63) is 53.8 Å². The number of halogens is 3. The largest absolute Gasteiger partial charge is 0.586 e. The number of carbonyl (C=O) groups excluding carboxylic acids is 1. The second kappa shape index (κ2) is 7.23. The van der Waals surface area contributed by atoms with Gasteiger partial charge in [-0.05, 0) is 30.3 Å². The second-order valence-electron chi connectivity index (χ2n) is 6.61. The van der Waals surface area contributed by atoms with Crippen molar-refractivity contribution < 1.29 is 27.4 Å². The van der Waals surface area contributed by atoms with Crippen LogP contribution < -0.4 is 14.8 Å². The average Bonchev–Trinajstić information content (AvgIpc) is 2.99. The smallest absolute Gasteiger partial charge is 0.395 e. The third kappa shape index (κ3) is 3.99. The maximum Gasteiger partial charge on any atom is 0.586 e. The molecule has 2 amide bonds. The molecule has 0 aliphatic carbocycles. The number of fused-ring (bicyclic) bond motifs is 1. The lowest BCUT2D eigenvalue weighted by molar-refractivity contribution is -0.287. The van der Waals surface area contributed by atoms with Gasteiger partial charge >= 0.3 is 12.3 Å². The summed E-state index contributed by atoms with van der Waals surface area (Å²) in [7, 11) is 0. The van der Waals surface area contributed by atoms with Gasteiger partial charge in [-0.1, -0.05) is 12.1 Å². The van der Waals surface area contributed by atoms with Gasteiger partial charge in [0, 0.05) is 44.0 Å². The number of anilines is 1. The average molecular weight is 393 g/mol. The SMILES string of the molecule is O=C(Nc1ccc(F)cc1)N1CCN(Cc2cccc3c2OC(F)(F)O3)CC1. The van der Waals surface area contributed by atoms with Crippen LogP contribution in [-0.4, -0.2) is 48.3 Å². The van der Waals surface area contributed by atoms with Gasteiger partial charge < -0.3 is 19.7 Å². The molecule has 2 aliphatic heterocycles. The highest BCUT2D eigenvalue weighted by Crippen LogP contribution is 2.43. The first kappa shape index (κ1) is 18.4. The molecule has 1 saturated heterocycles. The van der Waals surface area contributed by atoms with Crippen molar-refractivity contribution in [1.82, 2.24) is 9.80 Å². The van der Waals surface area contributed by atoms with Gasteiger partial charge in [0.1, 0.15) is 5.82 Å². The van der Waals surface area contributed by atoms with Gasteiger partial charge in [0.25, 0.3) is 0 Å². The van der Waals surface area contributed by atoms with Crippen molar-refractivity contribution in [3.63, 3.8) is 0 Å². The normalized spacial score (nSPS) is 18.2. The lowest BCUT2D eigenvalue weighted by atomic mass is 10.1. The maximum atomic E-state index is 13.3. The minimum atomic E-state index is -3.64. The molecule has 0 spiro atoms. The number of ether oxygens (including phenoxy) is 2. The van der Waals surface area contributed by atoms with E-state index in [-0.39, 0.29) is 23.3 Å². The first-order valence-electron chi connectivity index (χ1n) is 8.81. The monoisotopic (exact) mass is 393 g/mol. The van der Waals surface area contributed by atoms with Crippen molar-refractivity contribution in [3.8, 4) is 11.5 Å². The minimum Gasteiger partial charge on any atom is -0.395 e. The van der Waals surface area contributed by atoms with Crippen LogP contribution in [0.3, 0.4) is 0 Å². The van der Waals surface area contributed by atoms with Gasteiger partial charge in [0.2, 0.25) is 0 Å². The van der Waals surface area contributed by atoms with Crippen LogP contribution in [0.4, 0.5) is 23.7 Å². The van der Waals surface area contributed by atoms with E-state index in [1.54, 1.807) is 17.0 Å². The molecule has 1 N–H and O–H groups in total. The first-order chi connectivity index (χ1) is 13.4. The number of nitrogens with zero attached hydrogens (tertiary/aromatic N) is 2. The summed E-state index contributed by atoms with van der Waals surface area (Å²) in [5.74, 6) is -0.282. The van der Waals surface area contributed by atoms with E-state index in [4.69, 9.17) is 0 Å². The lowest BCUT2D eigenvalue weighted by Crippen LogP contribution is -2.49. The molecular weight excluding hydrogens is 375 g/mol. The molecule has 2 heterocycles. The highest BCUT2D eigenvalue weighted by atomic mass is 19.3. The fourth-order valence-electron chi connectivity index (χ4n) is 3.24. The zero-order valence-electron chi connectivity index (χ0n) is 14.8. The van der Waals surface area contributed by atoms with E-state index >= 15 is 0 Å². The maximum absolute atomic E-state index is 13.3. The molecule has 1 fully saturated rings. The van der Waals surface area contributed by atoms with Crippen molar-refractivity contribution in [2.75, 3.05) is 31.5 Å². The molecule has 9 heteroatoms. The van der Waals surface area contributed by atoms with Crippen LogP contribution in [0.1, 0.15) is 5.56 Å². The van der Waals surface area contributed by atoms with Gasteiger partial charge in [0.15, 0.2) is 11.5 Å². The first-order valence-corrected chi connectivity index (χ1v) is 8.81. The van der Waals surface area contributed by atoms with E-state index in [1.165, 1.54) is 30.3 Å². The molecule has 0 atom stereocenters. The van der Waals surface area contributed by atoms with E-state index in [0.29, 0.717) is 44.0 Å². The molecule has 0 radical (unpaired) electrons. The predicted molar refractivity (Wildman–Crippen MR) is 94.9 cm³/mol. The molecule has 0 bridgehead atoms. The molecule has 2 aromatic carbocycles. The Bertz CT molecular complexity index is 868. The van der Waals surface area contributed by atoms with Gasteiger partial charge in [-0.2, -0.15) is 0 Å². The summed E-state index contributed by atoms with van der Waals surface area (Å²) in [6.45, 7) is 2.54.